The molecule has 1 aliphatic rings. The van der Waals surface area contributed by atoms with Crippen LogP contribution in [0.2, 0.25) is 5.02 Å². The van der Waals surface area contributed by atoms with Crippen molar-refractivity contribution >= 4 is 28.8 Å². The number of carbonyl (C=O) groups excluding carboxylic acids is 1. The molecule has 0 unspecified atom stereocenters. The van der Waals surface area contributed by atoms with Crippen LogP contribution in [0.1, 0.15) is 25.5 Å². The van der Waals surface area contributed by atoms with Gasteiger partial charge in [0.05, 0.1) is 23.2 Å². The molecule has 0 saturated carbocycles. The maximum atomic E-state index is 12.5. The lowest BCUT2D eigenvalue weighted by Gasteiger charge is -2.31. The lowest BCUT2D eigenvalue weighted by molar-refractivity contribution is -0.133. The summed E-state index contributed by atoms with van der Waals surface area (Å²) < 4.78 is 5.63. The van der Waals surface area contributed by atoms with Crippen LogP contribution in [0, 0.1) is 0 Å². The van der Waals surface area contributed by atoms with Crippen molar-refractivity contribution in [3.8, 4) is 10.6 Å². The molecule has 1 aliphatic heterocycles. The highest BCUT2D eigenvalue weighted by Gasteiger charge is 2.23. The number of aromatic nitrogens is 1. The van der Waals surface area contributed by atoms with E-state index in [4.69, 9.17) is 16.3 Å². The van der Waals surface area contributed by atoms with E-state index in [2.05, 4.69) is 4.98 Å². The van der Waals surface area contributed by atoms with Gasteiger partial charge in [-0.25, -0.2) is 4.98 Å². The fourth-order valence-corrected chi connectivity index (χ4v) is 4.06. The van der Waals surface area contributed by atoms with Gasteiger partial charge in [0.2, 0.25) is 5.91 Å². The first-order chi connectivity index (χ1) is 11.7. The summed E-state index contributed by atoms with van der Waals surface area (Å²) in [6.07, 6.45) is 2.48. The zero-order chi connectivity index (χ0) is 16.9. The van der Waals surface area contributed by atoms with E-state index in [9.17, 15) is 4.79 Å². The molecule has 128 valence electrons. The van der Waals surface area contributed by atoms with Gasteiger partial charge in [-0.2, -0.15) is 0 Å². The molecule has 3 rings (SSSR count). The first-order valence-corrected chi connectivity index (χ1v) is 9.51. The van der Waals surface area contributed by atoms with Crippen LogP contribution in [0.15, 0.2) is 29.6 Å². The number of halogens is 1. The highest BCUT2D eigenvalue weighted by Crippen LogP contribution is 2.30. The number of rotatable bonds is 5. The van der Waals surface area contributed by atoms with Crippen molar-refractivity contribution < 1.29 is 9.53 Å². The van der Waals surface area contributed by atoms with Gasteiger partial charge in [-0.1, -0.05) is 29.8 Å². The van der Waals surface area contributed by atoms with Gasteiger partial charge in [0.1, 0.15) is 5.01 Å². The first-order valence-electron chi connectivity index (χ1n) is 8.26. The Morgan fingerprint density at radius 1 is 1.38 bits per heavy atom. The van der Waals surface area contributed by atoms with Gasteiger partial charge in [-0.3, -0.25) is 4.79 Å². The molecule has 1 saturated heterocycles. The van der Waals surface area contributed by atoms with Gasteiger partial charge < -0.3 is 9.64 Å². The summed E-state index contributed by atoms with van der Waals surface area (Å²) in [5.74, 6) is 0.140. The topological polar surface area (TPSA) is 42.4 Å². The molecule has 0 atom stereocenters. The number of amides is 1. The van der Waals surface area contributed by atoms with Crippen molar-refractivity contribution in [2.24, 2.45) is 0 Å². The van der Waals surface area contributed by atoms with Crippen LogP contribution in [0.25, 0.3) is 10.6 Å². The molecule has 2 heterocycles. The van der Waals surface area contributed by atoms with Crippen molar-refractivity contribution in [1.29, 1.82) is 0 Å². The van der Waals surface area contributed by atoms with Gasteiger partial charge >= 0.3 is 0 Å². The molecule has 0 aliphatic carbocycles. The van der Waals surface area contributed by atoms with E-state index in [1.165, 1.54) is 11.3 Å². The standard InChI is InChI=1S/C18H21ClN2O2S/c1-2-23-14-7-9-21(10-8-14)17(22)11-13-12-24-18(20-13)15-5-3-4-6-16(15)19/h3-6,12,14H,2,7-11H2,1H3. The van der Waals surface area contributed by atoms with Crippen LogP contribution in [0.3, 0.4) is 0 Å². The highest BCUT2D eigenvalue weighted by molar-refractivity contribution is 7.13. The van der Waals surface area contributed by atoms with E-state index in [1.54, 1.807) is 0 Å². The number of likely N-dealkylation sites (tertiary alicyclic amines) is 1. The number of benzene rings is 1. The monoisotopic (exact) mass is 364 g/mol. The second kappa shape index (κ2) is 8.10. The van der Waals surface area contributed by atoms with Gasteiger partial charge in [0.15, 0.2) is 0 Å². The summed E-state index contributed by atoms with van der Waals surface area (Å²) in [7, 11) is 0. The van der Waals surface area contributed by atoms with Crippen LogP contribution in [0.5, 0.6) is 0 Å². The molecule has 0 N–H and O–H groups in total. The molecule has 2 aromatic rings. The second-order valence-corrected chi connectivity index (χ2v) is 7.10. The number of hydrogen-bond donors (Lipinski definition) is 0. The summed E-state index contributed by atoms with van der Waals surface area (Å²) in [6.45, 7) is 4.29. The number of thiazole rings is 1. The SMILES string of the molecule is CCOC1CCN(C(=O)Cc2csc(-c3ccccc3Cl)n2)CC1. The normalized spacial score (nSPS) is 15.7. The number of nitrogens with zero attached hydrogens (tertiary/aromatic N) is 2. The first kappa shape index (κ1) is 17.4. The van der Waals surface area contributed by atoms with Crippen LogP contribution < -0.4 is 0 Å². The molecule has 0 spiro atoms. The molecule has 6 heteroatoms. The number of hydrogen-bond acceptors (Lipinski definition) is 4. The average Bonchev–Trinajstić information content (AvgIpc) is 3.04. The lowest BCUT2D eigenvalue weighted by atomic mass is 10.1. The fourth-order valence-electron chi connectivity index (χ4n) is 2.92. The van der Waals surface area contributed by atoms with Crippen molar-refractivity contribution in [3.05, 3.63) is 40.4 Å². The van der Waals surface area contributed by atoms with E-state index in [-0.39, 0.29) is 5.91 Å². The van der Waals surface area contributed by atoms with E-state index < -0.39 is 0 Å². The molecule has 1 aromatic carbocycles. The van der Waals surface area contributed by atoms with Crippen LogP contribution >= 0.6 is 22.9 Å². The van der Waals surface area contributed by atoms with Gasteiger partial charge in [0, 0.05) is 30.6 Å². The minimum absolute atomic E-state index is 0.140. The van der Waals surface area contributed by atoms with Crippen LogP contribution in [-0.4, -0.2) is 41.6 Å². The molecule has 1 fully saturated rings. The Morgan fingerprint density at radius 3 is 2.83 bits per heavy atom. The summed E-state index contributed by atoms with van der Waals surface area (Å²) in [6, 6.07) is 7.64. The summed E-state index contributed by atoms with van der Waals surface area (Å²) in [4.78, 5) is 19.0. The summed E-state index contributed by atoms with van der Waals surface area (Å²) in [5, 5.41) is 3.49. The Morgan fingerprint density at radius 2 is 2.12 bits per heavy atom. The molecule has 24 heavy (non-hydrogen) atoms. The molecule has 1 amide bonds. The number of piperidine rings is 1. The van der Waals surface area contributed by atoms with Gasteiger partial charge in [-0.05, 0) is 25.8 Å². The Balaban J connectivity index is 1.59. The minimum atomic E-state index is 0.140. The lowest BCUT2D eigenvalue weighted by Crippen LogP contribution is -2.41. The van der Waals surface area contributed by atoms with Crippen molar-refractivity contribution in [2.45, 2.75) is 32.3 Å². The smallest absolute Gasteiger partial charge is 0.228 e. The third-order valence-electron chi connectivity index (χ3n) is 4.19. The minimum Gasteiger partial charge on any atom is -0.378 e. The Bertz CT molecular complexity index is 696. The summed E-state index contributed by atoms with van der Waals surface area (Å²) in [5.41, 5.74) is 1.73. The second-order valence-electron chi connectivity index (χ2n) is 5.84. The van der Waals surface area contributed by atoms with Crippen LogP contribution in [-0.2, 0) is 16.0 Å². The van der Waals surface area contributed by atoms with E-state index in [1.807, 2.05) is 41.5 Å². The predicted molar refractivity (Wildman–Crippen MR) is 97.5 cm³/mol. The highest BCUT2D eigenvalue weighted by atomic mass is 35.5. The third kappa shape index (κ3) is 4.15. The number of ether oxygens (including phenoxy) is 1. The van der Waals surface area contributed by atoms with Crippen molar-refractivity contribution in [2.75, 3.05) is 19.7 Å². The maximum Gasteiger partial charge on any atom is 0.228 e. The quantitative estimate of drug-likeness (QED) is 0.804. The molecular formula is C18H21ClN2O2S. The molecule has 0 radical (unpaired) electrons. The zero-order valence-electron chi connectivity index (χ0n) is 13.7. The van der Waals surface area contributed by atoms with E-state index in [0.717, 1.165) is 48.8 Å². The third-order valence-corrected chi connectivity index (χ3v) is 5.44. The molecule has 0 bridgehead atoms. The van der Waals surface area contributed by atoms with Gasteiger partial charge in [0.25, 0.3) is 0 Å². The maximum absolute atomic E-state index is 12.5. The molecule has 4 nitrogen and oxygen atoms in total. The Hall–Kier alpha value is -1.43. The van der Waals surface area contributed by atoms with E-state index in [0.29, 0.717) is 17.5 Å². The van der Waals surface area contributed by atoms with Crippen molar-refractivity contribution in [3.63, 3.8) is 0 Å². The Kier molecular flexibility index (Phi) is 5.87. The Labute approximate surface area is 151 Å². The average molecular weight is 365 g/mol. The number of carbonyl (C=O) groups is 1. The van der Waals surface area contributed by atoms with Crippen LogP contribution in [0.4, 0.5) is 0 Å². The summed E-state index contributed by atoms with van der Waals surface area (Å²) >= 11 is 7.74. The largest absolute Gasteiger partial charge is 0.378 e. The molecule has 1 aromatic heterocycles. The van der Waals surface area contributed by atoms with E-state index >= 15 is 0 Å². The zero-order valence-corrected chi connectivity index (χ0v) is 15.3. The van der Waals surface area contributed by atoms with Gasteiger partial charge in [-0.15, -0.1) is 11.3 Å². The van der Waals surface area contributed by atoms with Crippen molar-refractivity contribution in [1.82, 2.24) is 9.88 Å². The molecular weight excluding hydrogens is 344 g/mol. The predicted octanol–water partition coefficient (Wildman–Crippen LogP) is 4.03. The fraction of sp³-hybridized carbons (Fsp3) is 0.444.